The summed E-state index contributed by atoms with van der Waals surface area (Å²) in [6.07, 6.45) is 0.145. The molecule has 1 N–H and O–H groups in total. The van der Waals surface area contributed by atoms with Crippen LogP contribution in [0.5, 0.6) is 0 Å². The van der Waals surface area contributed by atoms with E-state index in [9.17, 15) is 14.4 Å². The van der Waals surface area contributed by atoms with Gasteiger partial charge in [0, 0.05) is 37.8 Å². The minimum absolute atomic E-state index is 0.145. The molecule has 26 heavy (non-hydrogen) atoms. The first-order valence-electron chi connectivity index (χ1n) is 8.87. The van der Waals surface area contributed by atoms with Crippen LogP contribution in [0.4, 0.5) is 5.69 Å². The molecule has 0 atom stereocenters. The molecule has 0 radical (unpaired) electrons. The molecule has 144 valence electrons. The number of carbonyl (C=O) groups is 3. The summed E-state index contributed by atoms with van der Waals surface area (Å²) in [5.41, 5.74) is 1.04. The average molecular weight is 363 g/mol. The number of rotatable bonds is 10. The molecule has 2 amide bonds. The van der Waals surface area contributed by atoms with Crippen molar-refractivity contribution in [2.75, 3.05) is 45.2 Å². The van der Waals surface area contributed by atoms with E-state index < -0.39 is 0 Å². The number of nitrogens with zero attached hydrogens (tertiary/aromatic N) is 2. The summed E-state index contributed by atoms with van der Waals surface area (Å²) in [5, 5.41) is 2.67. The van der Waals surface area contributed by atoms with Gasteiger partial charge in [0.25, 0.3) is 5.91 Å². The Morgan fingerprint density at radius 1 is 1.08 bits per heavy atom. The fourth-order valence-corrected chi connectivity index (χ4v) is 2.56. The molecular formula is C19H29N3O4. The van der Waals surface area contributed by atoms with Gasteiger partial charge in [0.05, 0.1) is 13.5 Å². The lowest BCUT2D eigenvalue weighted by Gasteiger charge is -2.26. The molecule has 0 aliphatic carbocycles. The molecule has 0 fully saturated rings. The molecule has 1 aromatic rings. The highest BCUT2D eigenvalue weighted by Crippen LogP contribution is 2.13. The van der Waals surface area contributed by atoms with Gasteiger partial charge in [0.2, 0.25) is 5.91 Å². The fraction of sp³-hybridized carbons (Fsp3) is 0.526. The Balaban J connectivity index is 2.90. The third-order valence-corrected chi connectivity index (χ3v) is 4.11. The first kappa shape index (κ1) is 21.6. The van der Waals surface area contributed by atoms with E-state index in [0.29, 0.717) is 17.8 Å². The van der Waals surface area contributed by atoms with Crippen molar-refractivity contribution in [1.82, 2.24) is 9.80 Å². The van der Waals surface area contributed by atoms with Crippen LogP contribution in [-0.4, -0.2) is 67.4 Å². The molecule has 0 aliphatic rings. The van der Waals surface area contributed by atoms with E-state index in [1.54, 1.807) is 29.2 Å². The van der Waals surface area contributed by atoms with Crippen LogP contribution in [0.2, 0.25) is 0 Å². The highest BCUT2D eigenvalue weighted by atomic mass is 16.5. The molecule has 0 saturated carbocycles. The number of anilines is 1. The molecule has 0 heterocycles. The number of amides is 2. The van der Waals surface area contributed by atoms with Crippen LogP contribution in [0.25, 0.3) is 0 Å². The summed E-state index contributed by atoms with van der Waals surface area (Å²) < 4.78 is 4.68. The third-order valence-electron chi connectivity index (χ3n) is 4.11. The molecule has 1 aromatic carbocycles. The van der Waals surface area contributed by atoms with Crippen LogP contribution in [0.1, 0.15) is 37.6 Å². The van der Waals surface area contributed by atoms with Gasteiger partial charge in [-0.05, 0) is 31.3 Å². The molecule has 7 heteroatoms. The van der Waals surface area contributed by atoms with E-state index in [4.69, 9.17) is 0 Å². The Morgan fingerprint density at radius 2 is 1.77 bits per heavy atom. The maximum Gasteiger partial charge on any atom is 0.307 e. The normalized spacial score (nSPS) is 10.5. The summed E-state index contributed by atoms with van der Waals surface area (Å²) in [5.74, 6) is -0.718. The number of methoxy groups -OCH3 is 1. The van der Waals surface area contributed by atoms with Gasteiger partial charge in [-0.1, -0.05) is 19.9 Å². The maximum absolute atomic E-state index is 12.9. The van der Waals surface area contributed by atoms with Crippen molar-refractivity contribution < 1.29 is 19.1 Å². The van der Waals surface area contributed by atoms with Crippen molar-refractivity contribution in [2.24, 2.45) is 0 Å². The van der Waals surface area contributed by atoms with Crippen molar-refractivity contribution in [3.63, 3.8) is 0 Å². The Hall–Kier alpha value is -2.41. The fourth-order valence-electron chi connectivity index (χ4n) is 2.56. The summed E-state index contributed by atoms with van der Waals surface area (Å²) in [7, 11) is 1.33. The second kappa shape index (κ2) is 11.3. The lowest BCUT2D eigenvalue weighted by atomic mass is 10.1. The van der Waals surface area contributed by atoms with Gasteiger partial charge in [0.1, 0.15) is 0 Å². The van der Waals surface area contributed by atoms with E-state index in [-0.39, 0.29) is 30.7 Å². The number of ether oxygens (including phenoxy) is 1. The summed E-state index contributed by atoms with van der Waals surface area (Å²) >= 11 is 0. The summed E-state index contributed by atoms with van der Waals surface area (Å²) in [6.45, 7) is 8.88. The zero-order valence-electron chi connectivity index (χ0n) is 16.1. The highest BCUT2D eigenvalue weighted by molar-refractivity contribution is 5.97. The van der Waals surface area contributed by atoms with E-state index in [2.05, 4.69) is 28.8 Å². The minimum Gasteiger partial charge on any atom is -0.469 e. The minimum atomic E-state index is -0.349. The molecule has 0 spiro atoms. The molecule has 0 bridgehead atoms. The Kier molecular flexibility index (Phi) is 9.36. The summed E-state index contributed by atoms with van der Waals surface area (Å²) in [4.78, 5) is 39.5. The number of esters is 1. The number of nitrogens with one attached hydrogen (secondary N) is 1. The quantitative estimate of drug-likeness (QED) is 0.643. The SMILES string of the molecule is CCN(CC)CCN(CCC(=O)OC)C(=O)c1cccc(NC(C)=O)c1. The van der Waals surface area contributed by atoms with Crippen molar-refractivity contribution in [2.45, 2.75) is 27.2 Å². The van der Waals surface area contributed by atoms with E-state index in [0.717, 1.165) is 19.6 Å². The van der Waals surface area contributed by atoms with E-state index in [1.807, 2.05) is 0 Å². The Morgan fingerprint density at radius 3 is 2.35 bits per heavy atom. The molecule has 0 saturated heterocycles. The first-order valence-corrected chi connectivity index (χ1v) is 8.87. The number of hydrogen-bond acceptors (Lipinski definition) is 5. The van der Waals surface area contributed by atoms with Crippen LogP contribution < -0.4 is 5.32 Å². The van der Waals surface area contributed by atoms with Crippen LogP contribution >= 0.6 is 0 Å². The molecule has 0 aliphatic heterocycles. The van der Waals surface area contributed by atoms with Crippen molar-refractivity contribution in [3.05, 3.63) is 29.8 Å². The van der Waals surface area contributed by atoms with Crippen LogP contribution in [0, 0.1) is 0 Å². The van der Waals surface area contributed by atoms with Gasteiger partial charge in [-0.3, -0.25) is 14.4 Å². The van der Waals surface area contributed by atoms with Gasteiger partial charge in [-0.2, -0.15) is 0 Å². The standard InChI is InChI=1S/C19H29N3O4/c1-5-21(6-2)12-13-22(11-10-18(24)26-4)19(25)16-8-7-9-17(14-16)20-15(3)23/h7-9,14H,5-6,10-13H2,1-4H3,(H,20,23). The van der Waals surface area contributed by atoms with Gasteiger partial charge >= 0.3 is 5.97 Å². The number of hydrogen-bond donors (Lipinski definition) is 1. The molecular weight excluding hydrogens is 334 g/mol. The lowest BCUT2D eigenvalue weighted by molar-refractivity contribution is -0.140. The van der Waals surface area contributed by atoms with Gasteiger partial charge in [0.15, 0.2) is 0 Å². The predicted octanol–water partition coefficient (Wildman–Crippen LogP) is 1.99. The van der Waals surface area contributed by atoms with Gasteiger partial charge < -0.3 is 19.9 Å². The van der Waals surface area contributed by atoms with Crippen molar-refractivity contribution in [1.29, 1.82) is 0 Å². The zero-order valence-corrected chi connectivity index (χ0v) is 16.1. The number of benzene rings is 1. The molecule has 7 nitrogen and oxygen atoms in total. The second-order valence-electron chi connectivity index (χ2n) is 5.91. The summed E-state index contributed by atoms with van der Waals surface area (Å²) in [6, 6.07) is 6.80. The average Bonchev–Trinajstić information content (AvgIpc) is 2.63. The van der Waals surface area contributed by atoms with Crippen molar-refractivity contribution >= 4 is 23.5 Å². The topological polar surface area (TPSA) is 79.0 Å². The van der Waals surface area contributed by atoms with Gasteiger partial charge in [-0.25, -0.2) is 0 Å². The third kappa shape index (κ3) is 7.23. The highest BCUT2D eigenvalue weighted by Gasteiger charge is 2.18. The van der Waals surface area contributed by atoms with Crippen LogP contribution in [0.15, 0.2) is 24.3 Å². The Labute approximate surface area is 155 Å². The second-order valence-corrected chi connectivity index (χ2v) is 5.91. The molecule has 1 rings (SSSR count). The number of carbonyl (C=O) groups excluding carboxylic acids is 3. The van der Waals surface area contributed by atoms with E-state index >= 15 is 0 Å². The zero-order chi connectivity index (χ0) is 19.5. The lowest BCUT2D eigenvalue weighted by Crippen LogP contribution is -2.40. The largest absolute Gasteiger partial charge is 0.469 e. The van der Waals surface area contributed by atoms with Gasteiger partial charge in [-0.15, -0.1) is 0 Å². The van der Waals surface area contributed by atoms with Crippen LogP contribution in [0.3, 0.4) is 0 Å². The number of likely N-dealkylation sites (N-methyl/N-ethyl adjacent to an activating group) is 1. The first-order chi connectivity index (χ1) is 12.4. The maximum atomic E-state index is 12.9. The van der Waals surface area contributed by atoms with E-state index in [1.165, 1.54) is 14.0 Å². The van der Waals surface area contributed by atoms with Crippen LogP contribution in [-0.2, 0) is 14.3 Å². The molecule has 0 unspecified atom stereocenters. The molecule has 0 aromatic heterocycles. The smallest absolute Gasteiger partial charge is 0.307 e. The predicted molar refractivity (Wildman–Crippen MR) is 101 cm³/mol. The van der Waals surface area contributed by atoms with Crippen molar-refractivity contribution in [3.8, 4) is 0 Å². The monoisotopic (exact) mass is 363 g/mol. The Bertz CT molecular complexity index is 615.